The number of amides is 2. The molecular formula is C28H33N5O5. The van der Waals surface area contributed by atoms with Crippen LogP contribution in [0.4, 0.5) is 5.82 Å². The van der Waals surface area contributed by atoms with E-state index >= 15 is 0 Å². The highest BCUT2D eigenvalue weighted by atomic mass is 16.5. The predicted octanol–water partition coefficient (Wildman–Crippen LogP) is 2.34. The zero-order valence-corrected chi connectivity index (χ0v) is 21.7. The molecular weight excluding hydrogens is 486 g/mol. The van der Waals surface area contributed by atoms with Crippen molar-refractivity contribution in [1.29, 1.82) is 0 Å². The summed E-state index contributed by atoms with van der Waals surface area (Å²) in [5, 5.41) is 5.43. The Morgan fingerprint density at radius 1 is 1.13 bits per heavy atom. The Balaban J connectivity index is 1.48. The van der Waals surface area contributed by atoms with Crippen molar-refractivity contribution in [3.05, 3.63) is 83.8 Å². The smallest absolute Gasteiger partial charge is 0.302 e. The molecule has 0 saturated heterocycles. The molecule has 3 atom stereocenters. The first kappa shape index (κ1) is 27.0. The van der Waals surface area contributed by atoms with Crippen LogP contribution in [-0.4, -0.2) is 51.6 Å². The van der Waals surface area contributed by atoms with Gasteiger partial charge in [0.1, 0.15) is 12.1 Å². The Morgan fingerprint density at radius 2 is 1.84 bits per heavy atom. The molecule has 1 aliphatic rings. The fraction of sp³-hybridized carbons (Fsp3) is 0.357. The highest BCUT2D eigenvalue weighted by molar-refractivity contribution is 5.98. The van der Waals surface area contributed by atoms with Crippen LogP contribution in [0.15, 0.2) is 67.1 Å². The quantitative estimate of drug-likeness (QED) is 0.350. The molecule has 3 aromatic rings. The average molecular weight is 520 g/mol. The minimum atomic E-state index is -1.18. The molecule has 1 aromatic heterocycles. The largest absolute Gasteiger partial charge is 0.460 e. The molecule has 38 heavy (non-hydrogen) atoms. The number of fused-ring (bicyclic) bond motifs is 1. The third kappa shape index (κ3) is 6.64. The second-order valence-corrected chi connectivity index (χ2v) is 9.94. The molecule has 0 bridgehead atoms. The van der Waals surface area contributed by atoms with Gasteiger partial charge >= 0.3 is 5.97 Å². The first-order valence-electron chi connectivity index (χ1n) is 12.4. The molecule has 2 aromatic carbocycles. The van der Waals surface area contributed by atoms with Gasteiger partial charge in [0.05, 0.1) is 31.1 Å². The number of rotatable bonds is 10. The van der Waals surface area contributed by atoms with Crippen LogP contribution in [0.2, 0.25) is 0 Å². The van der Waals surface area contributed by atoms with E-state index in [2.05, 4.69) is 15.6 Å². The Kier molecular flexibility index (Phi) is 8.23. The van der Waals surface area contributed by atoms with E-state index in [4.69, 9.17) is 15.2 Å². The van der Waals surface area contributed by atoms with Crippen molar-refractivity contribution in [2.45, 2.75) is 57.5 Å². The van der Waals surface area contributed by atoms with Gasteiger partial charge in [0.2, 0.25) is 5.91 Å². The summed E-state index contributed by atoms with van der Waals surface area (Å²) in [7, 11) is 0. The number of nitrogens with one attached hydrogen (secondary N) is 2. The lowest BCUT2D eigenvalue weighted by Gasteiger charge is -2.23. The molecule has 200 valence electrons. The summed E-state index contributed by atoms with van der Waals surface area (Å²) in [5.74, 6) is -1.06. The molecule has 1 aliphatic carbocycles. The van der Waals surface area contributed by atoms with E-state index in [0.717, 1.165) is 16.7 Å². The van der Waals surface area contributed by atoms with Crippen LogP contribution in [0.25, 0.3) is 0 Å². The molecule has 0 fully saturated rings. The van der Waals surface area contributed by atoms with Crippen molar-refractivity contribution < 1.29 is 23.9 Å². The average Bonchev–Trinajstić information content (AvgIpc) is 3.46. The number of aromatic nitrogens is 2. The molecule has 10 nitrogen and oxygen atoms in total. The normalized spacial score (nSPS) is 17.4. The summed E-state index contributed by atoms with van der Waals surface area (Å²) in [4.78, 5) is 41.8. The van der Waals surface area contributed by atoms with E-state index in [1.165, 1.54) is 6.92 Å². The molecule has 10 heteroatoms. The summed E-state index contributed by atoms with van der Waals surface area (Å²) >= 11 is 0. The van der Waals surface area contributed by atoms with Crippen molar-refractivity contribution in [1.82, 2.24) is 14.9 Å². The van der Waals surface area contributed by atoms with Crippen LogP contribution >= 0.6 is 0 Å². The molecule has 0 aliphatic heterocycles. The number of benzene rings is 2. The van der Waals surface area contributed by atoms with E-state index in [-0.39, 0.29) is 31.0 Å². The Morgan fingerprint density at radius 3 is 2.55 bits per heavy atom. The van der Waals surface area contributed by atoms with E-state index in [1.807, 2.05) is 59.2 Å². The molecule has 0 spiro atoms. The van der Waals surface area contributed by atoms with Crippen molar-refractivity contribution in [3.63, 3.8) is 0 Å². The lowest BCUT2D eigenvalue weighted by Crippen LogP contribution is -2.56. The maximum Gasteiger partial charge on any atom is 0.302 e. The van der Waals surface area contributed by atoms with Gasteiger partial charge in [-0.25, -0.2) is 4.98 Å². The summed E-state index contributed by atoms with van der Waals surface area (Å²) in [6, 6.07) is 16.1. The van der Waals surface area contributed by atoms with Gasteiger partial charge in [0, 0.05) is 19.5 Å². The van der Waals surface area contributed by atoms with Crippen LogP contribution in [-0.2, 0) is 36.9 Å². The van der Waals surface area contributed by atoms with Crippen LogP contribution in [0.3, 0.4) is 0 Å². The summed E-state index contributed by atoms with van der Waals surface area (Å²) in [5.41, 5.74) is 7.80. The zero-order valence-electron chi connectivity index (χ0n) is 21.7. The van der Waals surface area contributed by atoms with Crippen LogP contribution in [0, 0.1) is 0 Å². The lowest BCUT2D eigenvalue weighted by molar-refractivity contribution is -0.147. The minimum absolute atomic E-state index is 0.0617. The molecule has 0 radical (unpaired) electrons. The topological polar surface area (TPSA) is 138 Å². The molecule has 4 N–H and O–H groups in total. The molecule has 0 saturated carbocycles. The van der Waals surface area contributed by atoms with Gasteiger partial charge in [0.15, 0.2) is 5.82 Å². The second kappa shape index (κ2) is 11.6. The zero-order chi connectivity index (χ0) is 27.3. The Hall–Kier alpha value is -4.02. The molecule has 0 unspecified atom stereocenters. The highest BCUT2D eigenvalue weighted by Crippen LogP contribution is 2.36. The summed E-state index contributed by atoms with van der Waals surface area (Å²) in [6.07, 6.45) is 3.45. The van der Waals surface area contributed by atoms with Gasteiger partial charge in [-0.15, -0.1) is 0 Å². The Labute approximate surface area is 221 Å². The number of imidazole rings is 1. The van der Waals surface area contributed by atoms with Gasteiger partial charge < -0.3 is 30.4 Å². The molecule has 4 rings (SSSR count). The van der Waals surface area contributed by atoms with Gasteiger partial charge in [-0.3, -0.25) is 14.4 Å². The molecule has 1 heterocycles. The van der Waals surface area contributed by atoms with Gasteiger partial charge in [0.25, 0.3) is 5.91 Å². The maximum atomic E-state index is 13.2. The maximum absolute atomic E-state index is 13.2. The van der Waals surface area contributed by atoms with Gasteiger partial charge in [-0.05, 0) is 30.5 Å². The van der Waals surface area contributed by atoms with Crippen LogP contribution < -0.4 is 16.4 Å². The Bertz CT molecular complexity index is 1280. The monoisotopic (exact) mass is 519 g/mol. The number of esters is 1. The number of hydrogen-bond acceptors (Lipinski definition) is 7. The summed E-state index contributed by atoms with van der Waals surface area (Å²) in [6.45, 7) is 4.72. The fourth-order valence-electron chi connectivity index (χ4n) is 4.37. The van der Waals surface area contributed by atoms with Crippen molar-refractivity contribution in [2.75, 3.05) is 11.9 Å². The SMILES string of the molecule is CC(=O)O[C@H]1Cc2ccccc2[C@H]1n1cnc(NC(=O)[C@@H](COCc2ccccc2)NC(=O)C(C)(C)N)c1. The first-order valence-corrected chi connectivity index (χ1v) is 12.4. The number of nitrogens with zero attached hydrogens (tertiary/aromatic N) is 2. The van der Waals surface area contributed by atoms with Gasteiger partial charge in [-0.1, -0.05) is 54.6 Å². The number of carbonyl (C=O) groups excluding carboxylic acids is 3. The first-order chi connectivity index (χ1) is 18.1. The minimum Gasteiger partial charge on any atom is -0.460 e. The number of nitrogens with two attached hydrogens (primary N) is 1. The van der Waals surface area contributed by atoms with Crippen LogP contribution in [0.1, 0.15) is 43.5 Å². The summed E-state index contributed by atoms with van der Waals surface area (Å²) < 4.78 is 13.2. The van der Waals surface area contributed by atoms with Gasteiger partial charge in [-0.2, -0.15) is 0 Å². The number of ether oxygens (including phenoxy) is 2. The van der Waals surface area contributed by atoms with E-state index in [0.29, 0.717) is 6.42 Å². The number of anilines is 1. The van der Waals surface area contributed by atoms with Crippen molar-refractivity contribution in [2.24, 2.45) is 5.73 Å². The standard InChI is InChI=1S/C28H33N5O5/c1-18(34)38-23-13-20-11-7-8-12-21(20)25(23)33-14-24(30-17-33)32-26(35)22(31-27(36)28(2,3)29)16-37-15-19-9-5-4-6-10-19/h4-12,14,17,22-23,25H,13,15-16,29H2,1-3H3,(H,31,36)(H,32,35)/t22-,23+,25-/m1/s1. The number of hydrogen-bond donors (Lipinski definition) is 3. The van der Waals surface area contributed by atoms with E-state index in [1.54, 1.807) is 26.4 Å². The lowest BCUT2D eigenvalue weighted by atomic mass is 10.1. The third-order valence-electron chi connectivity index (χ3n) is 6.24. The van der Waals surface area contributed by atoms with Crippen molar-refractivity contribution >= 4 is 23.6 Å². The fourth-order valence-corrected chi connectivity index (χ4v) is 4.37. The third-order valence-corrected chi connectivity index (χ3v) is 6.24. The van der Waals surface area contributed by atoms with E-state index in [9.17, 15) is 14.4 Å². The highest BCUT2D eigenvalue weighted by Gasteiger charge is 2.36. The van der Waals surface area contributed by atoms with Crippen molar-refractivity contribution in [3.8, 4) is 0 Å². The molecule has 2 amide bonds. The predicted molar refractivity (Wildman–Crippen MR) is 141 cm³/mol. The van der Waals surface area contributed by atoms with Crippen LogP contribution in [0.5, 0.6) is 0 Å². The van der Waals surface area contributed by atoms with E-state index < -0.39 is 29.5 Å². The second-order valence-electron chi connectivity index (χ2n) is 9.94. The number of carbonyl (C=O) groups is 3.